The molecule has 0 bridgehead atoms. The average molecular weight is 367 g/mol. The van der Waals surface area contributed by atoms with Crippen LogP contribution in [0, 0.1) is 0 Å². The van der Waals surface area contributed by atoms with E-state index < -0.39 is 0 Å². The van der Waals surface area contributed by atoms with Crippen LogP contribution in [0.4, 0.5) is 4.79 Å². The Balaban J connectivity index is 1.82. The molecule has 2 amide bonds. The molecule has 0 saturated carbocycles. The zero-order valence-corrected chi connectivity index (χ0v) is 15.7. The molecular weight excluding hydrogens is 346 g/mol. The summed E-state index contributed by atoms with van der Waals surface area (Å²) < 4.78 is 5.93. The molecule has 1 atom stereocenters. The lowest BCUT2D eigenvalue weighted by molar-refractivity contribution is -0.123. The highest BCUT2D eigenvalue weighted by atomic mass is 32.2. The maximum atomic E-state index is 12.7. The molecule has 3 rings (SSSR count). The molecular formula is C21H21NO3S. The molecule has 1 fully saturated rings. The van der Waals surface area contributed by atoms with Crippen molar-refractivity contribution in [2.24, 2.45) is 0 Å². The molecule has 1 saturated heterocycles. The zero-order chi connectivity index (χ0) is 18.5. The fourth-order valence-corrected chi connectivity index (χ4v) is 3.38. The van der Waals surface area contributed by atoms with E-state index in [1.165, 1.54) is 4.90 Å². The Morgan fingerprint density at radius 1 is 1.08 bits per heavy atom. The number of ether oxygens (including phenoxy) is 1. The van der Waals surface area contributed by atoms with Crippen molar-refractivity contribution in [1.29, 1.82) is 0 Å². The molecule has 0 N–H and O–H groups in total. The number of para-hydroxylation sites is 1. The van der Waals surface area contributed by atoms with E-state index in [0.717, 1.165) is 35.1 Å². The number of carbonyl (C=O) groups is 2. The first-order valence-electron chi connectivity index (χ1n) is 8.63. The number of hydrogen-bond donors (Lipinski definition) is 0. The second-order valence-electron chi connectivity index (χ2n) is 6.13. The molecule has 1 aliphatic rings. The Bertz CT molecular complexity index is 832. The van der Waals surface area contributed by atoms with Crippen LogP contribution in [-0.4, -0.2) is 22.2 Å². The van der Waals surface area contributed by atoms with E-state index in [0.29, 0.717) is 4.91 Å². The first kappa shape index (κ1) is 18.3. The van der Waals surface area contributed by atoms with Crippen LogP contribution in [0.3, 0.4) is 0 Å². The second-order valence-corrected chi connectivity index (χ2v) is 7.12. The maximum Gasteiger partial charge on any atom is 0.293 e. The third-order valence-electron chi connectivity index (χ3n) is 4.17. The molecule has 1 heterocycles. The zero-order valence-electron chi connectivity index (χ0n) is 14.8. The number of hydrogen-bond acceptors (Lipinski definition) is 4. The van der Waals surface area contributed by atoms with Crippen LogP contribution in [0.15, 0.2) is 59.5 Å². The normalized spacial score (nSPS) is 17.0. The van der Waals surface area contributed by atoms with Gasteiger partial charge in [0.15, 0.2) is 0 Å². The summed E-state index contributed by atoms with van der Waals surface area (Å²) in [5, 5.41) is -0.245. The van der Waals surface area contributed by atoms with Gasteiger partial charge in [-0.25, -0.2) is 0 Å². The first-order valence-corrected chi connectivity index (χ1v) is 9.45. The van der Waals surface area contributed by atoms with Gasteiger partial charge in [-0.15, -0.1) is 0 Å². The van der Waals surface area contributed by atoms with Gasteiger partial charge in [0.05, 0.1) is 17.6 Å². The van der Waals surface area contributed by atoms with Crippen molar-refractivity contribution >= 4 is 29.0 Å². The summed E-state index contributed by atoms with van der Waals surface area (Å²) in [6, 6.07) is 17.1. The maximum absolute atomic E-state index is 12.7. The van der Waals surface area contributed by atoms with Gasteiger partial charge in [0.1, 0.15) is 5.75 Å². The summed E-state index contributed by atoms with van der Waals surface area (Å²) in [6.45, 7) is 4.35. The predicted molar refractivity (Wildman–Crippen MR) is 105 cm³/mol. The Labute approximate surface area is 157 Å². The van der Waals surface area contributed by atoms with Crippen LogP contribution in [0.5, 0.6) is 5.75 Å². The molecule has 0 aromatic heterocycles. The molecule has 4 nitrogen and oxygen atoms in total. The Kier molecular flexibility index (Phi) is 5.78. The second kappa shape index (κ2) is 8.23. The number of thioether (sulfide) groups is 1. The number of carbonyl (C=O) groups excluding carboxylic acids is 2. The quantitative estimate of drug-likeness (QED) is 0.666. The fraction of sp³-hybridized carbons (Fsp3) is 0.238. The highest BCUT2D eigenvalue weighted by Crippen LogP contribution is 2.35. The summed E-state index contributed by atoms with van der Waals surface area (Å²) in [5.74, 6) is 0.457. The van der Waals surface area contributed by atoms with Gasteiger partial charge < -0.3 is 4.74 Å². The van der Waals surface area contributed by atoms with Gasteiger partial charge in [0.2, 0.25) is 0 Å². The van der Waals surface area contributed by atoms with E-state index in [4.69, 9.17) is 4.74 Å². The minimum absolute atomic E-state index is 0.0812. The topological polar surface area (TPSA) is 46.6 Å². The van der Waals surface area contributed by atoms with Gasteiger partial charge in [-0.05, 0) is 42.8 Å². The minimum Gasteiger partial charge on any atom is -0.490 e. The molecule has 0 radical (unpaired) electrons. The highest BCUT2D eigenvalue weighted by molar-refractivity contribution is 8.18. The third-order valence-corrected chi connectivity index (χ3v) is 5.07. The molecule has 0 aliphatic carbocycles. The van der Waals surface area contributed by atoms with Crippen molar-refractivity contribution in [2.75, 3.05) is 0 Å². The van der Waals surface area contributed by atoms with E-state index in [1.807, 2.05) is 61.5 Å². The SMILES string of the molecule is CC[C@H](C)Oc1ccccc1/C=C1/SC(=O)N(Cc2ccccc2)C1=O. The lowest BCUT2D eigenvalue weighted by Crippen LogP contribution is -2.27. The van der Waals surface area contributed by atoms with Gasteiger partial charge in [0.25, 0.3) is 11.1 Å². The van der Waals surface area contributed by atoms with E-state index in [2.05, 4.69) is 6.92 Å². The number of rotatable bonds is 6. The smallest absolute Gasteiger partial charge is 0.293 e. The molecule has 2 aromatic rings. The monoisotopic (exact) mass is 367 g/mol. The van der Waals surface area contributed by atoms with E-state index >= 15 is 0 Å². The van der Waals surface area contributed by atoms with Gasteiger partial charge in [-0.2, -0.15) is 0 Å². The highest BCUT2D eigenvalue weighted by Gasteiger charge is 2.35. The number of imide groups is 1. The summed E-state index contributed by atoms with van der Waals surface area (Å²) in [5.41, 5.74) is 1.73. The van der Waals surface area contributed by atoms with Gasteiger partial charge >= 0.3 is 0 Å². The van der Waals surface area contributed by atoms with Crippen LogP contribution in [-0.2, 0) is 11.3 Å². The molecule has 0 spiro atoms. The Morgan fingerprint density at radius 3 is 2.50 bits per heavy atom. The standard InChI is InChI=1S/C21H21NO3S/c1-3-15(2)25-18-12-8-7-11-17(18)13-19-20(23)22(21(24)26-19)14-16-9-5-4-6-10-16/h4-13,15H,3,14H2,1-2H3/b19-13+/t15-/m0/s1. The van der Waals surface area contributed by atoms with Crippen LogP contribution in [0.1, 0.15) is 31.4 Å². The van der Waals surface area contributed by atoms with Crippen LogP contribution in [0.2, 0.25) is 0 Å². The average Bonchev–Trinajstić information content (AvgIpc) is 2.91. The van der Waals surface area contributed by atoms with Crippen molar-refractivity contribution in [3.8, 4) is 5.75 Å². The molecule has 5 heteroatoms. The lowest BCUT2D eigenvalue weighted by atomic mass is 10.1. The molecule has 1 aliphatic heterocycles. The van der Waals surface area contributed by atoms with Gasteiger partial charge in [-0.1, -0.05) is 55.5 Å². The fourth-order valence-electron chi connectivity index (χ4n) is 2.55. The minimum atomic E-state index is -0.262. The van der Waals surface area contributed by atoms with Gasteiger partial charge in [0, 0.05) is 5.56 Å². The molecule has 0 unspecified atom stereocenters. The number of nitrogens with zero attached hydrogens (tertiary/aromatic N) is 1. The summed E-state index contributed by atoms with van der Waals surface area (Å²) in [6.07, 6.45) is 2.72. The molecule has 2 aromatic carbocycles. The van der Waals surface area contributed by atoms with E-state index in [9.17, 15) is 9.59 Å². The summed E-state index contributed by atoms with van der Waals surface area (Å²) in [4.78, 5) is 26.7. The van der Waals surface area contributed by atoms with Crippen molar-refractivity contribution < 1.29 is 14.3 Å². The number of benzene rings is 2. The van der Waals surface area contributed by atoms with Crippen molar-refractivity contribution in [1.82, 2.24) is 4.90 Å². The molecule has 134 valence electrons. The lowest BCUT2D eigenvalue weighted by Gasteiger charge is -2.15. The predicted octanol–water partition coefficient (Wildman–Crippen LogP) is 5.10. The third kappa shape index (κ3) is 4.17. The van der Waals surface area contributed by atoms with Crippen LogP contribution < -0.4 is 4.74 Å². The van der Waals surface area contributed by atoms with Crippen LogP contribution >= 0.6 is 11.8 Å². The van der Waals surface area contributed by atoms with Gasteiger partial charge in [-0.3, -0.25) is 14.5 Å². The summed E-state index contributed by atoms with van der Waals surface area (Å²) in [7, 11) is 0. The van der Waals surface area contributed by atoms with Crippen molar-refractivity contribution in [2.45, 2.75) is 32.9 Å². The summed E-state index contributed by atoms with van der Waals surface area (Å²) >= 11 is 0.972. The van der Waals surface area contributed by atoms with Crippen LogP contribution in [0.25, 0.3) is 6.08 Å². The number of amides is 2. The van der Waals surface area contributed by atoms with E-state index in [-0.39, 0.29) is 23.8 Å². The van der Waals surface area contributed by atoms with Crippen molar-refractivity contribution in [3.05, 3.63) is 70.6 Å². The largest absolute Gasteiger partial charge is 0.490 e. The van der Waals surface area contributed by atoms with Crippen molar-refractivity contribution in [3.63, 3.8) is 0 Å². The Morgan fingerprint density at radius 2 is 1.77 bits per heavy atom. The van der Waals surface area contributed by atoms with E-state index in [1.54, 1.807) is 6.08 Å². The first-order chi connectivity index (χ1) is 12.6. The Hall–Kier alpha value is -2.53. The molecule has 26 heavy (non-hydrogen) atoms.